The fourth-order valence-electron chi connectivity index (χ4n) is 1.87. The molecule has 0 bridgehead atoms. The van der Waals surface area contributed by atoms with Crippen LogP contribution in [-0.2, 0) is 4.79 Å². The number of nitrogens with two attached hydrogens (primary N) is 1. The number of nitrogens with one attached hydrogen (secondary N) is 2. The van der Waals surface area contributed by atoms with E-state index in [0.29, 0.717) is 6.42 Å². The fraction of sp³-hybridized carbons (Fsp3) is 0.385. The van der Waals surface area contributed by atoms with Gasteiger partial charge in [0.15, 0.2) is 5.16 Å². The second-order valence-electron chi connectivity index (χ2n) is 4.44. The lowest BCUT2D eigenvalue weighted by molar-refractivity contribution is -0.119. The summed E-state index contributed by atoms with van der Waals surface area (Å²) in [6, 6.07) is 5.85. The predicted molar refractivity (Wildman–Crippen MR) is 78.2 cm³/mol. The Morgan fingerprint density at radius 1 is 1.58 bits per heavy atom. The van der Waals surface area contributed by atoms with Gasteiger partial charge in [-0.25, -0.2) is 4.98 Å². The zero-order valence-corrected chi connectivity index (χ0v) is 11.9. The zero-order chi connectivity index (χ0) is 13.8. The van der Waals surface area contributed by atoms with Crippen LogP contribution >= 0.6 is 11.8 Å². The maximum atomic E-state index is 11.1. The van der Waals surface area contributed by atoms with Crippen LogP contribution in [0.3, 0.4) is 0 Å². The number of amides is 1. The molecule has 2 aromatic rings. The van der Waals surface area contributed by atoms with Crippen molar-refractivity contribution in [2.45, 2.75) is 24.5 Å². The highest BCUT2D eigenvalue weighted by molar-refractivity contribution is 7.99. The normalized spacial score (nSPS) is 12.7. The molecule has 6 heteroatoms. The highest BCUT2D eigenvalue weighted by atomic mass is 32.2. The minimum Gasteiger partial charge on any atom is -0.368 e. The van der Waals surface area contributed by atoms with Crippen LogP contribution in [0.2, 0.25) is 0 Å². The number of benzene rings is 1. The highest BCUT2D eigenvalue weighted by Gasteiger charge is 2.12. The van der Waals surface area contributed by atoms with E-state index in [-0.39, 0.29) is 11.9 Å². The van der Waals surface area contributed by atoms with Crippen LogP contribution in [-0.4, -0.2) is 34.7 Å². The van der Waals surface area contributed by atoms with Crippen molar-refractivity contribution in [3.8, 4) is 0 Å². The quantitative estimate of drug-likeness (QED) is 0.698. The summed E-state index contributed by atoms with van der Waals surface area (Å²) in [5, 5.41) is 3.78. The molecule has 0 aliphatic heterocycles. The summed E-state index contributed by atoms with van der Waals surface area (Å²) < 4.78 is 0. The molecule has 1 amide bonds. The molecule has 19 heavy (non-hydrogen) atoms. The Kier molecular flexibility index (Phi) is 4.44. The molecule has 1 aromatic carbocycles. The highest BCUT2D eigenvalue weighted by Crippen LogP contribution is 2.21. The van der Waals surface area contributed by atoms with E-state index >= 15 is 0 Å². The van der Waals surface area contributed by atoms with Crippen LogP contribution in [0.25, 0.3) is 11.0 Å². The number of likely N-dealkylation sites (N-methyl/N-ethyl adjacent to an activating group) is 1. The van der Waals surface area contributed by atoms with E-state index in [1.165, 1.54) is 5.56 Å². The summed E-state index contributed by atoms with van der Waals surface area (Å²) in [7, 11) is 1.74. The van der Waals surface area contributed by atoms with Gasteiger partial charge in [-0.05, 0) is 38.1 Å². The van der Waals surface area contributed by atoms with Gasteiger partial charge in [0.2, 0.25) is 5.91 Å². The maximum Gasteiger partial charge on any atom is 0.234 e. The lowest BCUT2D eigenvalue weighted by Gasteiger charge is -2.10. The molecule has 0 aliphatic carbocycles. The van der Waals surface area contributed by atoms with E-state index < -0.39 is 0 Å². The number of fused-ring (bicyclic) bond motifs is 1. The molecule has 1 atom stereocenters. The largest absolute Gasteiger partial charge is 0.368 e. The molecule has 1 heterocycles. The summed E-state index contributed by atoms with van der Waals surface area (Å²) in [5.74, 6) is 0.469. The van der Waals surface area contributed by atoms with Gasteiger partial charge in [0.25, 0.3) is 0 Å². The van der Waals surface area contributed by atoms with Gasteiger partial charge in [-0.1, -0.05) is 17.8 Å². The van der Waals surface area contributed by atoms with E-state index in [1.54, 1.807) is 18.8 Å². The van der Waals surface area contributed by atoms with Crippen molar-refractivity contribution < 1.29 is 4.79 Å². The number of rotatable bonds is 6. The van der Waals surface area contributed by atoms with E-state index in [1.807, 2.05) is 12.1 Å². The summed E-state index contributed by atoms with van der Waals surface area (Å²) in [6.07, 6.45) is 0.687. The first kappa shape index (κ1) is 13.9. The number of aromatic amines is 1. The third-order valence-corrected chi connectivity index (χ3v) is 3.86. The lowest BCUT2D eigenvalue weighted by atomic mass is 10.2. The number of primary amides is 1. The molecule has 0 spiro atoms. The van der Waals surface area contributed by atoms with E-state index in [0.717, 1.165) is 21.9 Å². The van der Waals surface area contributed by atoms with Gasteiger partial charge < -0.3 is 16.0 Å². The van der Waals surface area contributed by atoms with Gasteiger partial charge in [-0.3, -0.25) is 4.79 Å². The van der Waals surface area contributed by atoms with Crippen molar-refractivity contribution in [3.63, 3.8) is 0 Å². The minimum atomic E-state index is -0.316. The van der Waals surface area contributed by atoms with Crippen molar-refractivity contribution in [2.75, 3.05) is 12.8 Å². The van der Waals surface area contributed by atoms with Crippen molar-refractivity contribution in [3.05, 3.63) is 23.8 Å². The molecule has 102 valence electrons. The van der Waals surface area contributed by atoms with Gasteiger partial charge >= 0.3 is 0 Å². The molecule has 2 rings (SSSR count). The Morgan fingerprint density at radius 2 is 2.37 bits per heavy atom. The number of hydrogen-bond acceptors (Lipinski definition) is 4. The number of H-pyrrole nitrogens is 1. The van der Waals surface area contributed by atoms with Crippen LogP contribution in [0.5, 0.6) is 0 Å². The van der Waals surface area contributed by atoms with E-state index in [4.69, 9.17) is 5.73 Å². The first-order chi connectivity index (χ1) is 9.10. The van der Waals surface area contributed by atoms with E-state index in [9.17, 15) is 4.79 Å². The summed E-state index contributed by atoms with van der Waals surface area (Å²) in [4.78, 5) is 18.8. The van der Waals surface area contributed by atoms with Gasteiger partial charge in [-0.2, -0.15) is 0 Å². The summed E-state index contributed by atoms with van der Waals surface area (Å²) in [5.41, 5.74) is 8.49. The van der Waals surface area contributed by atoms with Gasteiger partial charge in [-0.15, -0.1) is 0 Å². The number of carbonyl (C=O) groups excluding carboxylic acids is 1. The van der Waals surface area contributed by atoms with Crippen molar-refractivity contribution >= 4 is 28.7 Å². The number of hydrogen-bond donors (Lipinski definition) is 3. The van der Waals surface area contributed by atoms with Crippen LogP contribution in [0.4, 0.5) is 0 Å². The van der Waals surface area contributed by atoms with Gasteiger partial charge in [0, 0.05) is 5.75 Å². The molecule has 5 nitrogen and oxygen atoms in total. The number of imidazole rings is 1. The second-order valence-corrected chi connectivity index (χ2v) is 5.53. The van der Waals surface area contributed by atoms with Gasteiger partial charge in [0.1, 0.15) is 0 Å². The van der Waals surface area contributed by atoms with Crippen molar-refractivity contribution in [1.82, 2.24) is 15.3 Å². The molecular weight excluding hydrogens is 260 g/mol. The molecule has 0 saturated carbocycles. The molecule has 1 aromatic heterocycles. The van der Waals surface area contributed by atoms with Crippen LogP contribution in [0.15, 0.2) is 23.4 Å². The van der Waals surface area contributed by atoms with Crippen LogP contribution < -0.4 is 11.1 Å². The Bertz CT molecular complexity index is 581. The van der Waals surface area contributed by atoms with Crippen LogP contribution in [0, 0.1) is 6.92 Å². The Hall–Kier alpha value is -1.53. The standard InChI is InChI=1S/C13H18N4OS/c1-8-3-4-9-11(7-8)17-13(16-9)19-6-5-10(15-2)12(14)18/h3-4,7,10,15H,5-6H2,1-2H3,(H2,14,18)(H,16,17). The first-order valence-electron chi connectivity index (χ1n) is 6.16. The zero-order valence-electron chi connectivity index (χ0n) is 11.1. The van der Waals surface area contributed by atoms with Gasteiger partial charge in [0.05, 0.1) is 17.1 Å². The average molecular weight is 278 g/mol. The Balaban J connectivity index is 1.96. The molecule has 0 aliphatic rings. The monoisotopic (exact) mass is 278 g/mol. The number of carbonyl (C=O) groups is 1. The number of nitrogens with zero attached hydrogens (tertiary/aromatic N) is 1. The number of thioether (sulfide) groups is 1. The lowest BCUT2D eigenvalue weighted by Crippen LogP contribution is -2.39. The second kappa shape index (κ2) is 6.08. The first-order valence-corrected chi connectivity index (χ1v) is 7.14. The molecular formula is C13H18N4OS. The minimum absolute atomic E-state index is 0.279. The molecule has 0 radical (unpaired) electrons. The predicted octanol–water partition coefficient (Wildman–Crippen LogP) is 1.43. The van der Waals surface area contributed by atoms with Crippen molar-refractivity contribution in [2.24, 2.45) is 5.73 Å². The van der Waals surface area contributed by atoms with Crippen LogP contribution in [0.1, 0.15) is 12.0 Å². The van der Waals surface area contributed by atoms with E-state index in [2.05, 4.69) is 28.3 Å². The molecule has 0 fully saturated rings. The number of aryl methyl sites for hydroxylation is 1. The number of aromatic nitrogens is 2. The third kappa shape index (κ3) is 3.48. The average Bonchev–Trinajstić information content (AvgIpc) is 2.75. The Morgan fingerprint density at radius 3 is 3.05 bits per heavy atom. The Labute approximate surface area is 116 Å². The molecule has 4 N–H and O–H groups in total. The SMILES string of the molecule is CNC(CCSc1nc2ccc(C)cc2[nH]1)C(N)=O. The molecule has 0 saturated heterocycles. The fourth-order valence-corrected chi connectivity index (χ4v) is 2.76. The topological polar surface area (TPSA) is 83.8 Å². The summed E-state index contributed by atoms with van der Waals surface area (Å²) in [6.45, 7) is 2.05. The maximum absolute atomic E-state index is 11.1. The third-order valence-electron chi connectivity index (χ3n) is 2.95. The van der Waals surface area contributed by atoms with Crippen molar-refractivity contribution in [1.29, 1.82) is 0 Å². The summed E-state index contributed by atoms with van der Waals surface area (Å²) >= 11 is 1.60. The smallest absolute Gasteiger partial charge is 0.234 e. The molecule has 1 unspecified atom stereocenters.